The molecule has 5 heteroatoms. The van der Waals surface area contributed by atoms with Crippen LogP contribution >= 0.6 is 39.9 Å². The lowest BCUT2D eigenvalue weighted by Crippen LogP contribution is -2.37. The lowest BCUT2D eigenvalue weighted by Gasteiger charge is -2.11. The summed E-state index contributed by atoms with van der Waals surface area (Å²) in [6, 6.07) is 8.24. The second-order valence-electron chi connectivity index (χ2n) is 3.48. The van der Waals surface area contributed by atoms with Crippen molar-refractivity contribution in [2.75, 3.05) is 13.6 Å². The predicted molar refractivity (Wildman–Crippen MR) is 88.0 cm³/mol. The van der Waals surface area contributed by atoms with Gasteiger partial charge in [-0.2, -0.15) is 0 Å². The van der Waals surface area contributed by atoms with Crippen molar-refractivity contribution in [3.05, 3.63) is 34.3 Å². The molecule has 0 amide bonds. The summed E-state index contributed by atoms with van der Waals surface area (Å²) in [6.07, 6.45) is 1.09. The molecular weight excluding hydrogens is 393 g/mol. The Balaban J connectivity index is 0.00000256. The molecule has 0 aliphatic carbocycles. The summed E-state index contributed by atoms with van der Waals surface area (Å²) in [5.74, 6) is 0.849. The van der Waals surface area contributed by atoms with E-state index in [-0.39, 0.29) is 24.0 Å². The number of guanidine groups is 1. The zero-order chi connectivity index (χ0) is 11.8. The summed E-state index contributed by atoms with van der Waals surface area (Å²) in [5.41, 5.74) is 1.23. The van der Waals surface area contributed by atoms with Crippen molar-refractivity contribution in [1.82, 2.24) is 10.6 Å². The van der Waals surface area contributed by atoms with Crippen LogP contribution in [0.5, 0.6) is 0 Å². The van der Waals surface area contributed by atoms with Crippen LogP contribution in [0, 0.1) is 0 Å². The highest BCUT2D eigenvalue weighted by atomic mass is 127. The molecule has 0 saturated carbocycles. The summed E-state index contributed by atoms with van der Waals surface area (Å²) >= 11 is 3.45. The minimum Gasteiger partial charge on any atom is -0.356 e. The first-order valence-electron chi connectivity index (χ1n) is 5.45. The Hall–Kier alpha value is -0.300. The molecular formula is C12H19BrIN3. The fourth-order valence-electron chi connectivity index (χ4n) is 1.30. The van der Waals surface area contributed by atoms with Gasteiger partial charge in [0.25, 0.3) is 0 Å². The van der Waals surface area contributed by atoms with Crippen LogP contribution in [0.1, 0.15) is 18.9 Å². The first-order chi connectivity index (χ1) is 7.76. The van der Waals surface area contributed by atoms with E-state index in [1.165, 1.54) is 5.56 Å². The van der Waals surface area contributed by atoms with Gasteiger partial charge in [-0.15, -0.1) is 24.0 Å². The van der Waals surface area contributed by atoms with E-state index in [9.17, 15) is 0 Å². The van der Waals surface area contributed by atoms with Crippen molar-refractivity contribution in [2.24, 2.45) is 4.99 Å². The number of nitrogens with zero attached hydrogens (tertiary/aromatic N) is 1. The number of hydrogen-bond donors (Lipinski definition) is 2. The molecule has 0 fully saturated rings. The van der Waals surface area contributed by atoms with Gasteiger partial charge in [0.2, 0.25) is 0 Å². The van der Waals surface area contributed by atoms with Crippen LogP contribution in [-0.4, -0.2) is 19.6 Å². The molecule has 0 aliphatic heterocycles. The van der Waals surface area contributed by atoms with Crippen molar-refractivity contribution >= 4 is 45.9 Å². The predicted octanol–water partition coefficient (Wildman–Crippen LogP) is 3.14. The van der Waals surface area contributed by atoms with Gasteiger partial charge in [0.1, 0.15) is 0 Å². The Morgan fingerprint density at radius 3 is 2.71 bits per heavy atom. The van der Waals surface area contributed by atoms with Crippen molar-refractivity contribution in [3.8, 4) is 0 Å². The Labute approximate surface area is 129 Å². The highest BCUT2D eigenvalue weighted by Crippen LogP contribution is 2.11. The smallest absolute Gasteiger partial charge is 0.191 e. The van der Waals surface area contributed by atoms with Gasteiger partial charge in [-0.05, 0) is 24.1 Å². The van der Waals surface area contributed by atoms with Gasteiger partial charge in [-0.25, -0.2) is 0 Å². The van der Waals surface area contributed by atoms with E-state index in [0.29, 0.717) is 0 Å². The van der Waals surface area contributed by atoms with Gasteiger partial charge in [-0.3, -0.25) is 4.99 Å². The summed E-state index contributed by atoms with van der Waals surface area (Å²) in [6.45, 7) is 3.86. The molecule has 0 bridgehead atoms. The molecule has 0 aliphatic rings. The molecule has 96 valence electrons. The van der Waals surface area contributed by atoms with E-state index < -0.39 is 0 Å². The average molecular weight is 412 g/mol. The Bertz CT molecular complexity index is 355. The number of nitrogens with one attached hydrogen (secondary N) is 2. The summed E-state index contributed by atoms with van der Waals surface area (Å²) in [7, 11) is 1.78. The number of aliphatic imine (C=N–C) groups is 1. The van der Waals surface area contributed by atoms with E-state index in [4.69, 9.17) is 0 Å². The third-order valence-electron chi connectivity index (χ3n) is 2.12. The maximum Gasteiger partial charge on any atom is 0.191 e. The highest BCUT2D eigenvalue weighted by Gasteiger charge is 1.97. The fraction of sp³-hybridized carbons (Fsp3) is 0.417. The van der Waals surface area contributed by atoms with Gasteiger partial charge in [0, 0.05) is 24.6 Å². The summed E-state index contributed by atoms with van der Waals surface area (Å²) < 4.78 is 1.10. The average Bonchev–Trinajstić information content (AvgIpc) is 2.29. The second kappa shape index (κ2) is 9.70. The summed E-state index contributed by atoms with van der Waals surface area (Å²) in [5, 5.41) is 6.50. The molecule has 0 spiro atoms. The maximum atomic E-state index is 4.15. The van der Waals surface area contributed by atoms with Gasteiger partial charge >= 0.3 is 0 Å². The second-order valence-corrected chi connectivity index (χ2v) is 4.40. The van der Waals surface area contributed by atoms with Crippen molar-refractivity contribution < 1.29 is 0 Å². The number of hydrogen-bond acceptors (Lipinski definition) is 1. The zero-order valence-corrected chi connectivity index (χ0v) is 14.1. The third-order valence-corrected chi connectivity index (χ3v) is 2.61. The fourth-order valence-corrected chi connectivity index (χ4v) is 1.74. The van der Waals surface area contributed by atoms with Crippen molar-refractivity contribution in [1.29, 1.82) is 0 Å². The highest BCUT2D eigenvalue weighted by molar-refractivity contribution is 14.0. The van der Waals surface area contributed by atoms with Gasteiger partial charge in [0.15, 0.2) is 5.96 Å². The van der Waals surface area contributed by atoms with Crippen LogP contribution < -0.4 is 10.6 Å². The lowest BCUT2D eigenvalue weighted by molar-refractivity contribution is 0.781. The van der Waals surface area contributed by atoms with E-state index in [1.54, 1.807) is 7.05 Å². The van der Waals surface area contributed by atoms with Crippen LogP contribution in [-0.2, 0) is 6.54 Å². The molecule has 3 nitrogen and oxygen atoms in total. The first kappa shape index (κ1) is 16.7. The van der Waals surface area contributed by atoms with Crippen LogP contribution in [0.15, 0.2) is 33.7 Å². The molecule has 0 heterocycles. The quantitative estimate of drug-likeness (QED) is 0.453. The van der Waals surface area contributed by atoms with E-state index in [2.05, 4.69) is 50.6 Å². The monoisotopic (exact) mass is 411 g/mol. The molecule has 1 rings (SSSR count). The largest absolute Gasteiger partial charge is 0.356 e. The van der Waals surface area contributed by atoms with Gasteiger partial charge < -0.3 is 10.6 Å². The lowest BCUT2D eigenvalue weighted by atomic mass is 10.2. The molecule has 0 radical (unpaired) electrons. The van der Waals surface area contributed by atoms with E-state index in [1.807, 2.05) is 12.1 Å². The zero-order valence-electron chi connectivity index (χ0n) is 10.2. The molecule has 1 aromatic rings. The Morgan fingerprint density at radius 2 is 2.12 bits per heavy atom. The number of rotatable bonds is 4. The topological polar surface area (TPSA) is 36.4 Å². The maximum absolute atomic E-state index is 4.15. The molecule has 0 atom stereocenters. The Morgan fingerprint density at radius 1 is 1.35 bits per heavy atom. The molecule has 0 aromatic heterocycles. The van der Waals surface area contributed by atoms with Crippen LogP contribution in [0.4, 0.5) is 0 Å². The summed E-state index contributed by atoms with van der Waals surface area (Å²) in [4.78, 5) is 4.15. The third kappa shape index (κ3) is 6.88. The first-order valence-corrected chi connectivity index (χ1v) is 6.24. The van der Waals surface area contributed by atoms with Crippen LogP contribution in [0.3, 0.4) is 0 Å². The van der Waals surface area contributed by atoms with Gasteiger partial charge in [-0.1, -0.05) is 35.0 Å². The number of benzene rings is 1. The van der Waals surface area contributed by atoms with E-state index >= 15 is 0 Å². The van der Waals surface area contributed by atoms with E-state index in [0.717, 1.165) is 29.9 Å². The van der Waals surface area contributed by atoms with Crippen LogP contribution in [0.2, 0.25) is 0 Å². The van der Waals surface area contributed by atoms with Crippen molar-refractivity contribution in [3.63, 3.8) is 0 Å². The molecule has 2 N–H and O–H groups in total. The normalized spacial score (nSPS) is 10.6. The standard InChI is InChI=1S/C12H18BrN3.HI/c1-3-7-15-12(14-2)16-9-10-5-4-6-11(13)8-10;/h4-6,8H,3,7,9H2,1-2H3,(H2,14,15,16);1H. The molecule has 0 unspecified atom stereocenters. The Kier molecular flexibility index (Phi) is 9.53. The molecule has 1 aromatic carbocycles. The van der Waals surface area contributed by atoms with Crippen LogP contribution in [0.25, 0.3) is 0 Å². The molecule has 0 saturated heterocycles. The minimum absolute atomic E-state index is 0. The number of halogens is 2. The molecule has 17 heavy (non-hydrogen) atoms. The minimum atomic E-state index is 0. The van der Waals surface area contributed by atoms with Crippen molar-refractivity contribution in [2.45, 2.75) is 19.9 Å². The SMILES string of the molecule is CCCNC(=NC)NCc1cccc(Br)c1.I. The van der Waals surface area contributed by atoms with Gasteiger partial charge in [0.05, 0.1) is 0 Å².